The van der Waals surface area contributed by atoms with Crippen LogP contribution >= 0.6 is 0 Å². The van der Waals surface area contributed by atoms with Crippen molar-refractivity contribution >= 4 is 11.6 Å². The predicted molar refractivity (Wildman–Crippen MR) is 80.0 cm³/mol. The zero-order valence-electron chi connectivity index (χ0n) is 11.9. The van der Waals surface area contributed by atoms with Crippen LogP contribution in [0.5, 0.6) is 5.75 Å². The van der Waals surface area contributed by atoms with Gasteiger partial charge in [-0.05, 0) is 42.8 Å². The molecule has 5 heteroatoms. The van der Waals surface area contributed by atoms with Gasteiger partial charge in [0, 0.05) is 23.4 Å². The first-order chi connectivity index (χ1) is 10.0. The van der Waals surface area contributed by atoms with Gasteiger partial charge in [0.1, 0.15) is 11.6 Å². The summed E-state index contributed by atoms with van der Waals surface area (Å²) in [4.78, 5) is 11.0. The van der Waals surface area contributed by atoms with Gasteiger partial charge >= 0.3 is 0 Å². The Labute approximate surface area is 122 Å². The third kappa shape index (κ3) is 3.51. The third-order valence-corrected chi connectivity index (χ3v) is 3.24. The third-order valence-electron chi connectivity index (χ3n) is 3.24. The lowest BCUT2D eigenvalue weighted by Crippen LogP contribution is -2.12. The maximum absolute atomic E-state index is 13.9. The molecule has 0 fully saturated rings. The minimum atomic E-state index is -0.639. The number of rotatable bonds is 5. The van der Waals surface area contributed by atoms with Crippen LogP contribution in [-0.4, -0.2) is 13.0 Å². The first-order valence-electron chi connectivity index (χ1n) is 6.48. The molecule has 21 heavy (non-hydrogen) atoms. The summed E-state index contributed by atoms with van der Waals surface area (Å²) in [6, 6.07) is 9.84. The molecule has 0 bridgehead atoms. The molecule has 0 unspecified atom stereocenters. The van der Waals surface area contributed by atoms with Crippen molar-refractivity contribution < 1.29 is 13.9 Å². The Morgan fingerprint density at radius 1 is 1.29 bits per heavy atom. The van der Waals surface area contributed by atoms with Gasteiger partial charge in [0.2, 0.25) is 5.91 Å². The van der Waals surface area contributed by atoms with Gasteiger partial charge in [-0.25, -0.2) is 4.39 Å². The van der Waals surface area contributed by atoms with E-state index in [1.807, 2.05) is 25.1 Å². The highest BCUT2D eigenvalue weighted by Crippen LogP contribution is 2.22. The van der Waals surface area contributed by atoms with Crippen LogP contribution in [0.1, 0.15) is 21.5 Å². The summed E-state index contributed by atoms with van der Waals surface area (Å²) in [5.41, 5.74) is 7.64. The Morgan fingerprint density at radius 2 is 2.05 bits per heavy atom. The molecular weight excluding hydrogens is 271 g/mol. The number of anilines is 1. The summed E-state index contributed by atoms with van der Waals surface area (Å²) < 4.78 is 19.0. The normalized spacial score (nSPS) is 10.2. The molecule has 3 N–H and O–H groups in total. The number of aryl methyl sites for hydroxylation is 1. The second kappa shape index (κ2) is 6.26. The fourth-order valence-electron chi connectivity index (χ4n) is 2.00. The molecule has 4 nitrogen and oxygen atoms in total. The summed E-state index contributed by atoms with van der Waals surface area (Å²) in [5, 5.41) is 3.16. The fraction of sp³-hybridized carbons (Fsp3) is 0.188. The van der Waals surface area contributed by atoms with Crippen molar-refractivity contribution in [3.63, 3.8) is 0 Å². The summed E-state index contributed by atoms with van der Waals surface area (Å²) in [6.07, 6.45) is 0. The number of carbonyl (C=O) groups is 1. The molecule has 1 amide bonds. The van der Waals surface area contributed by atoms with E-state index in [1.54, 1.807) is 13.2 Å². The highest BCUT2D eigenvalue weighted by Gasteiger charge is 2.07. The summed E-state index contributed by atoms with van der Waals surface area (Å²) >= 11 is 0. The fourth-order valence-corrected chi connectivity index (χ4v) is 2.00. The van der Waals surface area contributed by atoms with E-state index in [0.29, 0.717) is 12.1 Å². The van der Waals surface area contributed by atoms with E-state index < -0.39 is 11.7 Å². The van der Waals surface area contributed by atoms with Gasteiger partial charge in [-0.15, -0.1) is 0 Å². The van der Waals surface area contributed by atoms with Gasteiger partial charge in [-0.2, -0.15) is 0 Å². The second-order valence-corrected chi connectivity index (χ2v) is 4.70. The molecule has 2 aromatic rings. The topological polar surface area (TPSA) is 64.3 Å². The van der Waals surface area contributed by atoms with Gasteiger partial charge in [-0.1, -0.05) is 6.07 Å². The molecule has 0 radical (unpaired) electrons. The van der Waals surface area contributed by atoms with Crippen LogP contribution in [0.15, 0.2) is 36.4 Å². The zero-order valence-corrected chi connectivity index (χ0v) is 11.9. The van der Waals surface area contributed by atoms with Crippen LogP contribution < -0.4 is 15.8 Å². The van der Waals surface area contributed by atoms with Crippen molar-refractivity contribution in [1.82, 2.24) is 0 Å². The van der Waals surface area contributed by atoms with E-state index in [-0.39, 0.29) is 5.56 Å². The van der Waals surface area contributed by atoms with E-state index in [9.17, 15) is 9.18 Å². The number of benzene rings is 2. The van der Waals surface area contributed by atoms with Crippen molar-refractivity contribution in [1.29, 1.82) is 0 Å². The summed E-state index contributed by atoms with van der Waals surface area (Å²) in [6.45, 7) is 2.26. The monoisotopic (exact) mass is 288 g/mol. The Bertz CT molecular complexity index is 671. The predicted octanol–water partition coefficient (Wildman–Crippen LogP) is 2.85. The molecule has 0 atom stereocenters. The second-order valence-electron chi connectivity index (χ2n) is 4.70. The number of primary amides is 1. The first-order valence-corrected chi connectivity index (χ1v) is 6.48. The van der Waals surface area contributed by atoms with Crippen LogP contribution in [0.3, 0.4) is 0 Å². The molecule has 110 valence electrons. The van der Waals surface area contributed by atoms with Crippen LogP contribution in [-0.2, 0) is 6.54 Å². The van der Waals surface area contributed by atoms with E-state index in [4.69, 9.17) is 10.5 Å². The molecule has 0 aromatic heterocycles. The lowest BCUT2D eigenvalue weighted by atomic mass is 10.1. The highest BCUT2D eigenvalue weighted by molar-refractivity contribution is 5.92. The number of hydrogen-bond donors (Lipinski definition) is 2. The lowest BCUT2D eigenvalue weighted by Gasteiger charge is -2.12. The number of nitrogens with one attached hydrogen (secondary N) is 1. The van der Waals surface area contributed by atoms with Gasteiger partial charge in [-0.3, -0.25) is 4.79 Å². The van der Waals surface area contributed by atoms with E-state index in [1.165, 1.54) is 6.07 Å². The molecule has 0 aliphatic heterocycles. The molecule has 0 spiro atoms. The van der Waals surface area contributed by atoms with Crippen LogP contribution in [0.2, 0.25) is 0 Å². The minimum absolute atomic E-state index is 0.164. The molecule has 0 aliphatic rings. The smallest absolute Gasteiger partial charge is 0.248 e. The molecular formula is C16H17FN2O2. The SMILES string of the molecule is COc1ccc(NCc2ccc(C(N)=O)cc2F)c(C)c1. The molecule has 0 saturated heterocycles. The lowest BCUT2D eigenvalue weighted by molar-refractivity contribution is 0.1000. The maximum Gasteiger partial charge on any atom is 0.248 e. The Morgan fingerprint density at radius 3 is 2.62 bits per heavy atom. The van der Waals surface area contributed by atoms with Gasteiger partial charge in [0.25, 0.3) is 0 Å². The van der Waals surface area contributed by atoms with Crippen LogP contribution in [0.25, 0.3) is 0 Å². The number of nitrogens with two attached hydrogens (primary N) is 1. The molecule has 0 saturated carbocycles. The van der Waals surface area contributed by atoms with Crippen molar-refractivity contribution in [2.24, 2.45) is 5.73 Å². The number of ether oxygens (including phenoxy) is 1. The van der Waals surface area contributed by atoms with E-state index in [2.05, 4.69) is 5.32 Å². The van der Waals surface area contributed by atoms with E-state index >= 15 is 0 Å². The van der Waals surface area contributed by atoms with Crippen molar-refractivity contribution in [2.45, 2.75) is 13.5 Å². The van der Waals surface area contributed by atoms with Crippen molar-refractivity contribution in [3.8, 4) is 5.75 Å². The van der Waals surface area contributed by atoms with Gasteiger partial charge in [0.05, 0.1) is 7.11 Å². The average molecular weight is 288 g/mol. The number of amides is 1. The standard InChI is InChI=1S/C16H17FN2O2/c1-10-7-13(21-2)5-6-15(10)19-9-12-4-3-11(16(18)20)8-14(12)17/h3-8,19H,9H2,1-2H3,(H2,18,20). The maximum atomic E-state index is 13.9. The van der Waals surface area contributed by atoms with Crippen molar-refractivity contribution in [2.75, 3.05) is 12.4 Å². The van der Waals surface area contributed by atoms with Gasteiger partial charge in [0.15, 0.2) is 0 Å². The molecule has 0 heterocycles. The number of methoxy groups -OCH3 is 1. The van der Waals surface area contributed by atoms with E-state index in [0.717, 1.165) is 23.1 Å². The van der Waals surface area contributed by atoms with Crippen molar-refractivity contribution in [3.05, 3.63) is 58.9 Å². The van der Waals surface area contributed by atoms with Gasteiger partial charge < -0.3 is 15.8 Å². The average Bonchev–Trinajstić information content (AvgIpc) is 2.46. The zero-order chi connectivity index (χ0) is 15.4. The Balaban J connectivity index is 2.11. The quantitative estimate of drug-likeness (QED) is 0.889. The largest absolute Gasteiger partial charge is 0.497 e. The number of hydrogen-bond acceptors (Lipinski definition) is 3. The first kappa shape index (κ1) is 14.8. The van der Waals surface area contributed by atoms with Crippen LogP contribution in [0, 0.1) is 12.7 Å². The molecule has 0 aliphatic carbocycles. The highest BCUT2D eigenvalue weighted by atomic mass is 19.1. The number of carbonyl (C=O) groups excluding carboxylic acids is 1. The summed E-state index contributed by atoms with van der Waals surface area (Å²) in [5.74, 6) is -0.320. The Kier molecular flexibility index (Phi) is 4.42. The molecule has 2 rings (SSSR count). The van der Waals surface area contributed by atoms with Crippen LogP contribution in [0.4, 0.5) is 10.1 Å². The Hall–Kier alpha value is -2.56. The minimum Gasteiger partial charge on any atom is -0.497 e. The molecule has 2 aromatic carbocycles. The number of halogens is 1. The summed E-state index contributed by atoms with van der Waals surface area (Å²) in [7, 11) is 1.61.